The van der Waals surface area contributed by atoms with Gasteiger partial charge in [0.1, 0.15) is 18.8 Å². The molecule has 258 valence electrons. The topological polar surface area (TPSA) is 200 Å². The molecule has 4 rings (SSSR count). The van der Waals surface area contributed by atoms with Crippen LogP contribution in [0.2, 0.25) is 0 Å². The molecule has 0 saturated carbocycles. The Balaban J connectivity index is 1.78. The van der Waals surface area contributed by atoms with Crippen LogP contribution in [0.1, 0.15) is 12.8 Å². The minimum atomic E-state index is -4.45. The molecular formula is C32H33N5O8S4. The monoisotopic (exact) mass is 743 g/mol. The summed E-state index contributed by atoms with van der Waals surface area (Å²) in [6.07, 6.45) is 1.28. The summed E-state index contributed by atoms with van der Waals surface area (Å²) in [5.41, 5.74) is 11.1. The average molecular weight is 744 g/mol. The molecule has 13 nitrogen and oxygen atoms in total. The van der Waals surface area contributed by atoms with Crippen LogP contribution in [0.15, 0.2) is 105 Å². The van der Waals surface area contributed by atoms with Crippen LogP contribution in [0.25, 0.3) is 10.8 Å². The molecule has 0 bridgehead atoms. The third-order valence-electron chi connectivity index (χ3n) is 7.25. The number of hydrogen-bond donors (Lipinski definition) is 2. The van der Waals surface area contributed by atoms with Crippen LogP contribution in [0.4, 0.5) is 11.4 Å². The molecule has 1 unspecified atom stereocenters. The maximum Gasteiger partial charge on any atom is 0.264 e. The number of primary amides is 2. The van der Waals surface area contributed by atoms with Crippen LogP contribution in [0, 0.1) is 0 Å². The number of ether oxygens (including phenoxy) is 1. The summed E-state index contributed by atoms with van der Waals surface area (Å²) in [4.78, 5) is 28.3. The number of hydrogen-bond acceptors (Lipinski definition) is 10. The quantitative estimate of drug-likeness (QED) is 0.0926. The maximum absolute atomic E-state index is 14.1. The van der Waals surface area contributed by atoms with Crippen molar-refractivity contribution in [1.82, 2.24) is 0 Å². The van der Waals surface area contributed by atoms with Crippen molar-refractivity contribution < 1.29 is 35.4 Å². The Kier molecular flexibility index (Phi) is 12.2. The molecule has 0 radical (unpaired) electrons. The van der Waals surface area contributed by atoms with Gasteiger partial charge in [-0.2, -0.15) is 0 Å². The predicted molar refractivity (Wildman–Crippen MR) is 191 cm³/mol. The predicted octanol–water partition coefficient (Wildman–Crippen LogP) is 3.20. The molecule has 0 aliphatic carbocycles. The van der Waals surface area contributed by atoms with Gasteiger partial charge in [0.05, 0.1) is 44.2 Å². The first-order valence-corrected chi connectivity index (χ1v) is 19.2. The first kappa shape index (κ1) is 37.2. The molecule has 0 fully saturated rings. The summed E-state index contributed by atoms with van der Waals surface area (Å²) in [7, 11) is -8.80. The number of nitrogens with two attached hydrogens (primary N) is 2. The second-order valence-electron chi connectivity index (χ2n) is 10.5. The zero-order valence-corrected chi connectivity index (χ0v) is 29.5. The van der Waals surface area contributed by atoms with Gasteiger partial charge < -0.3 is 16.2 Å². The van der Waals surface area contributed by atoms with Crippen molar-refractivity contribution in [3.8, 4) is 5.75 Å². The van der Waals surface area contributed by atoms with E-state index in [0.29, 0.717) is 35.8 Å². The second-order valence-corrected chi connectivity index (χ2v) is 16.0. The number of thiocarbonyl (C=S) groups is 1. The zero-order chi connectivity index (χ0) is 35.8. The highest BCUT2D eigenvalue weighted by Crippen LogP contribution is 2.38. The van der Waals surface area contributed by atoms with E-state index in [1.807, 2.05) is 0 Å². The fraction of sp³-hybridized carbons (Fsp3) is 0.219. The lowest BCUT2D eigenvalue weighted by atomic mass is 10.1. The molecule has 4 N–H and O–H groups in total. The number of amides is 2. The Morgan fingerprint density at radius 1 is 0.776 bits per heavy atom. The van der Waals surface area contributed by atoms with Crippen LogP contribution in [0.3, 0.4) is 0 Å². The van der Waals surface area contributed by atoms with Crippen molar-refractivity contribution in [3.63, 3.8) is 0 Å². The highest BCUT2D eigenvalue weighted by atomic mass is 32.2. The van der Waals surface area contributed by atoms with Crippen molar-refractivity contribution in [2.75, 3.05) is 41.1 Å². The number of isothiocyanates is 1. The number of rotatable bonds is 17. The Labute approximate surface area is 292 Å². The van der Waals surface area contributed by atoms with E-state index in [-0.39, 0.29) is 31.9 Å². The molecule has 0 heterocycles. The molecule has 49 heavy (non-hydrogen) atoms. The van der Waals surface area contributed by atoms with Crippen LogP contribution in [-0.4, -0.2) is 70.5 Å². The largest absolute Gasteiger partial charge is 0.497 e. The lowest BCUT2D eigenvalue weighted by Gasteiger charge is -2.28. The first-order chi connectivity index (χ1) is 23.3. The number of fused-ring (bicyclic) bond motifs is 1. The Hall–Kier alpha value is -4.67. The smallest absolute Gasteiger partial charge is 0.264 e. The van der Waals surface area contributed by atoms with E-state index in [9.17, 15) is 30.6 Å². The van der Waals surface area contributed by atoms with E-state index < -0.39 is 55.8 Å². The summed E-state index contributed by atoms with van der Waals surface area (Å²) in [6, 6.07) is 20.0. The van der Waals surface area contributed by atoms with Crippen LogP contribution in [0.5, 0.6) is 5.75 Å². The van der Waals surface area contributed by atoms with Crippen molar-refractivity contribution >= 4 is 82.2 Å². The van der Waals surface area contributed by atoms with Gasteiger partial charge in [0, 0.05) is 28.0 Å². The van der Waals surface area contributed by atoms with Crippen molar-refractivity contribution in [3.05, 3.63) is 84.9 Å². The minimum absolute atomic E-state index is 0.0191. The van der Waals surface area contributed by atoms with Gasteiger partial charge in [-0.3, -0.25) is 22.4 Å². The first-order valence-electron chi connectivity index (χ1n) is 14.6. The fourth-order valence-electron chi connectivity index (χ4n) is 4.94. The van der Waals surface area contributed by atoms with E-state index >= 15 is 0 Å². The standard InChI is InChI=1S/C32H33N5O8S4/c1-45-23-8-12-25(13-9-23)48(41,42)36(20-31(33)38)29-16-17-30(28-7-3-2-6-27(28)29)37(21-32(34)39)49(43,44)26-14-10-24(11-15-26)47(40)19-5-4-18-35-22-46/h2-3,6-17H,4-5,18-21H2,1H3,(H2,33,38)(H2,34,39). The van der Waals surface area contributed by atoms with Crippen molar-refractivity contribution in [2.45, 2.75) is 27.5 Å². The summed E-state index contributed by atoms with van der Waals surface area (Å²) < 4.78 is 75.4. The minimum Gasteiger partial charge on any atom is -0.497 e. The van der Waals surface area contributed by atoms with Gasteiger partial charge in [-0.25, -0.2) is 21.8 Å². The maximum atomic E-state index is 14.1. The highest BCUT2D eigenvalue weighted by Gasteiger charge is 2.32. The Bertz CT molecular complexity index is 2140. The number of benzene rings is 4. The van der Waals surface area contributed by atoms with E-state index in [4.69, 9.17) is 16.2 Å². The Morgan fingerprint density at radius 3 is 1.67 bits per heavy atom. The fourth-order valence-corrected chi connectivity index (χ4v) is 9.07. The number of methoxy groups -OCH3 is 1. The highest BCUT2D eigenvalue weighted by molar-refractivity contribution is 7.93. The Morgan fingerprint density at radius 2 is 1.24 bits per heavy atom. The molecular weight excluding hydrogens is 711 g/mol. The summed E-state index contributed by atoms with van der Waals surface area (Å²) >= 11 is 4.54. The number of anilines is 2. The zero-order valence-electron chi connectivity index (χ0n) is 26.2. The summed E-state index contributed by atoms with van der Waals surface area (Å²) in [6.45, 7) is -1.00. The van der Waals surface area contributed by atoms with E-state index in [0.717, 1.165) is 8.61 Å². The number of nitrogens with zero attached hydrogens (tertiary/aromatic N) is 3. The van der Waals surface area contributed by atoms with Gasteiger partial charge in [-0.05, 0) is 85.7 Å². The van der Waals surface area contributed by atoms with E-state index in [1.54, 1.807) is 24.3 Å². The van der Waals surface area contributed by atoms with Crippen LogP contribution >= 0.6 is 12.2 Å². The van der Waals surface area contributed by atoms with Gasteiger partial charge in [-0.1, -0.05) is 24.3 Å². The van der Waals surface area contributed by atoms with Gasteiger partial charge in [0.25, 0.3) is 20.0 Å². The number of aliphatic imine (C=N–C) groups is 1. The van der Waals surface area contributed by atoms with Gasteiger partial charge in [0.2, 0.25) is 11.8 Å². The summed E-state index contributed by atoms with van der Waals surface area (Å²) in [5.74, 6) is -1.14. The molecule has 2 amide bonds. The van der Waals surface area contributed by atoms with Gasteiger partial charge in [-0.15, -0.1) is 0 Å². The number of carbonyl (C=O) groups excluding carboxylic acids is 2. The molecule has 0 spiro atoms. The van der Waals surface area contributed by atoms with E-state index in [1.165, 1.54) is 67.8 Å². The molecule has 0 aliphatic rings. The SMILES string of the molecule is COc1ccc(S(=O)(=O)N(CC(N)=O)c2ccc(N(CC(N)=O)S(=O)(=O)c3ccc(S(=O)CCCCN=C=S)cc3)c3ccccc23)cc1. The number of carbonyl (C=O) groups is 2. The molecule has 0 saturated heterocycles. The third-order valence-corrected chi connectivity index (χ3v) is 12.4. The van der Waals surface area contributed by atoms with E-state index in [2.05, 4.69) is 22.4 Å². The molecule has 4 aromatic carbocycles. The van der Waals surface area contributed by atoms with Crippen molar-refractivity contribution in [1.29, 1.82) is 0 Å². The lowest BCUT2D eigenvalue weighted by molar-refractivity contribution is -0.117. The number of sulfonamides is 2. The molecule has 1 atom stereocenters. The normalized spacial score (nSPS) is 12.1. The molecule has 17 heteroatoms. The second kappa shape index (κ2) is 16.2. The number of unbranched alkanes of at least 4 members (excludes halogenated alkanes) is 1. The third kappa shape index (κ3) is 8.68. The van der Waals surface area contributed by atoms with Gasteiger partial charge >= 0.3 is 0 Å². The lowest BCUT2D eigenvalue weighted by Crippen LogP contribution is -2.39. The van der Waals surface area contributed by atoms with Crippen molar-refractivity contribution in [2.24, 2.45) is 16.5 Å². The molecule has 4 aromatic rings. The van der Waals surface area contributed by atoms with Crippen LogP contribution in [-0.2, 0) is 40.4 Å². The average Bonchev–Trinajstić information content (AvgIpc) is 3.09. The molecule has 0 aliphatic heterocycles. The summed E-state index contributed by atoms with van der Waals surface area (Å²) in [5, 5.41) is 2.75. The molecule has 0 aromatic heterocycles. The van der Waals surface area contributed by atoms with Gasteiger partial charge in [0.15, 0.2) is 0 Å². The van der Waals surface area contributed by atoms with Crippen LogP contribution < -0.4 is 24.8 Å².